The van der Waals surface area contributed by atoms with Crippen molar-refractivity contribution in [3.05, 3.63) is 0 Å². The summed E-state index contributed by atoms with van der Waals surface area (Å²) in [6, 6.07) is 0. The molecule has 0 radical (unpaired) electrons. The minimum absolute atomic E-state index is 0.169. The standard InChI is InChI=1S/C7H12N2OS3/c1-4-5(2)13(10)7-9-8-6(11-3)12-7/h5H,4H2,1-3H3. The number of nitrogens with zero attached hydrogens (tertiary/aromatic N) is 2. The van der Waals surface area contributed by atoms with E-state index >= 15 is 0 Å². The van der Waals surface area contributed by atoms with Crippen LogP contribution in [0.5, 0.6) is 0 Å². The van der Waals surface area contributed by atoms with Crippen LogP contribution in [-0.4, -0.2) is 25.9 Å². The normalized spacial score (nSPS) is 15.6. The highest BCUT2D eigenvalue weighted by Crippen LogP contribution is 2.23. The van der Waals surface area contributed by atoms with Crippen molar-refractivity contribution in [3.63, 3.8) is 0 Å². The van der Waals surface area contributed by atoms with Crippen LogP contribution in [0.4, 0.5) is 0 Å². The molecule has 2 atom stereocenters. The van der Waals surface area contributed by atoms with Gasteiger partial charge in [-0.3, -0.25) is 4.21 Å². The Labute approximate surface area is 88.8 Å². The molecule has 1 rings (SSSR count). The van der Waals surface area contributed by atoms with Gasteiger partial charge in [-0.25, -0.2) is 0 Å². The first-order valence-electron chi connectivity index (χ1n) is 3.97. The highest BCUT2D eigenvalue weighted by atomic mass is 32.2. The van der Waals surface area contributed by atoms with Gasteiger partial charge in [0.2, 0.25) is 4.34 Å². The molecular weight excluding hydrogens is 224 g/mol. The molecule has 0 spiro atoms. The van der Waals surface area contributed by atoms with Crippen molar-refractivity contribution in [2.24, 2.45) is 0 Å². The molecule has 0 fully saturated rings. The fourth-order valence-corrected chi connectivity index (χ4v) is 3.67. The maximum absolute atomic E-state index is 11.7. The molecule has 0 bridgehead atoms. The summed E-state index contributed by atoms with van der Waals surface area (Å²) < 4.78 is 13.2. The quantitative estimate of drug-likeness (QED) is 0.751. The lowest BCUT2D eigenvalue weighted by Crippen LogP contribution is -2.08. The first-order valence-corrected chi connectivity index (χ1v) is 7.22. The second kappa shape index (κ2) is 5.07. The first kappa shape index (κ1) is 11.1. The van der Waals surface area contributed by atoms with Gasteiger partial charge < -0.3 is 0 Å². The van der Waals surface area contributed by atoms with Gasteiger partial charge in [-0.05, 0) is 12.7 Å². The predicted molar refractivity (Wildman–Crippen MR) is 57.9 cm³/mol. The molecular formula is C7H12N2OS3. The number of hydrogen-bond acceptors (Lipinski definition) is 5. The molecule has 0 aliphatic rings. The van der Waals surface area contributed by atoms with E-state index in [4.69, 9.17) is 0 Å². The van der Waals surface area contributed by atoms with E-state index in [2.05, 4.69) is 10.2 Å². The van der Waals surface area contributed by atoms with Crippen molar-refractivity contribution in [2.45, 2.75) is 34.2 Å². The average Bonchev–Trinajstić information content (AvgIpc) is 2.63. The highest BCUT2D eigenvalue weighted by molar-refractivity contribution is 8.00. The Morgan fingerprint density at radius 1 is 1.62 bits per heavy atom. The summed E-state index contributed by atoms with van der Waals surface area (Å²) in [4.78, 5) is 0. The summed E-state index contributed by atoms with van der Waals surface area (Å²) >= 11 is 2.96. The van der Waals surface area contributed by atoms with Crippen molar-refractivity contribution >= 4 is 33.9 Å². The Hall–Kier alpha value is 0.0600. The van der Waals surface area contributed by atoms with Crippen molar-refractivity contribution in [2.75, 3.05) is 6.26 Å². The van der Waals surface area contributed by atoms with E-state index < -0.39 is 10.8 Å². The summed E-state index contributed by atoms with van der Waals surface area (Å²) in [5.41, 5.74) is 0. The maximum atomic E-state index is 11.7. The Balaban J connectivity index is 2.77. The van der Waals surface area contributed by atoms with Gasteiger partial charge in [0.15, 0.2) is 4.34 Å². The number of rotatable bonds is 4. The zero-order valence-corrected chi connectivity index (χ0v) is 10.3. The van der Waals surface area contributed by atoms with Crippen molar-refractivity contribution in [1.29, 1.82) is 0 Å². The highest BCUT2D eigenvalue weighted by Gasteiger charge is 2.15. The largest absolute Gasteiger partial charge is 0.252 e. The second-order valence-corrected chi connectivity index (χ2v) is 6.63. The van der Waals surface area contributed by atoms with Gasteiger partial charge in [0.05, 0.1) is 10.8 Å². The van der Waals surface area contributed by atoms with Gasteiger partial charge in [0, 0.05) is 5.25 Å². The SMILES string of the molecule is CCC(C)S(=O)c1nnc(SC)s1. The Bertz CT molecular complexity index is 300. The van der Waals surface area contributed by atoms with Crippen LogP contribution >= 0.6 is 23.1 Å². The lowest BCUT2D eigenvalue weighted by molar-refractivity contribution is 0.668. The van der Waals surface area contributed by atoms with Crippen LogP contribution in [0.15, 0.2) is 8.68 Å². The number of hydrogen-bond donors (Lipinski definition) is 0. The molecule has 0 saturated carbocycles. The molecule has 0 saturated heterocycles. The maximum Gasteiger partial charge on any atom is 0.205 e. The Kier molecular flexibility index (Phi) is 4.34. The van der Waals surface area contributed by atoms with E-state index in [1.807, 2.05) is 20.1 Å². The summed E-state index contributed by atoms with van der Waals surface area (Å²) in [5, 5.41) is 7.98. The van der Waals surface area contributed by atoms with Crippen LogP contribution in [0.1, 0.15) is 20.3 Å². The van der Waals surface area contributed by atoms with E-state index in [-0.39, 0.29) is 5.25 Å². The summed E-state index contributed by atoms with van der Waals surface area (Å²) in [6.07, 6.45) is 2.84. The summed E-state index contributed by atoms with van der Waals surface area (Å²) in [7, 11) is -0.977. The molecule has 1 aromatic heterocycles. The van der Waals surface area contributed by atoms with E-state index in [1.165, 1.54) is 23.1 Å². The van der Waals surface area contributed by atoms with Gasteiger partial charge in [0.25, 0.3) is 0 Å². The van der Waals surface area contributed by atoms with Crippen LogP contribution < -0.4 is 0 Å². The molecule has 0 aliphatic carbocycles. The third-order valence-electron chi connectivity index (χ3n) is 1.68. The number of thioether (sulfide) groups is 1. The molecule has 13 heavy (non-hydrogen) atoms. The smallest absolute Gasteiger partial charge is 0.205 e. The van der Waals surface area contributed by atoms with Gasteiger partial charge >= 0.3 is 0 Å². The first-order chi connectivity index (χ1) is 6.19. The zero-order chi connectivity index (χ0) is 9.84. The van der Waals surface area contributed by atoms with Crippen LogP contribution in [-0.2, 0) is 10.8 Å². The molecule has 1 aromatic rings. The van der Waals surface area contributed by atoms with Crippen molar-refractivity contribution < 1.29 is 4.21 Å². The Morgan fingerprint density at radius 2 is 2.31 bits per heavy atom. The molecule has 0 aromatic carbocycles. The van der Waals surface area contributed by atoms with Gasteiger partial charge in [-0.15, -0.1) is 10.2 Å². The molecule has 0 N–H and O–H groups in total. The van der Waals surface area contributed by atoms with Crippen LogP contribution in [0.2, 0.25) is 0 Å². The van der Waals surface area contributed by atoms with Gasteiger partial charge in [0.1, 0.15) is 0 Å². The fraction of sp³-hybridized carbons (Fsp3) is 0.714. The lowest BCUT2D eigenvalue weighted by atomic mass is 10.4. The van der Waals surface area contributed by atoms with E-state index in [1.54, 1.807) is 0 Å². The molecule has 3 nitrogen and oxygen atoms in total. The van der Waals surface area contributed by atoms with Crippen molar-refractivity contribution in [1.82, 2.24) is 10.2 Å². The minimum Gasteiger partial charge on any atom is -0.252 e. The third-order valence-corrected chi connectivity index (χ3v) is 5.60. The molecule has 0 aliphatic heterocycles. The van der Waals surface area contributed by atoms with Gasteiger partial charge in [-0.1, -0.05) is 36.9 Å². The Morgan fingerprint density at radius 3 is 2.77 bits per heavy atom. The van der Waals surface area contributed by atoms with Gasteiger partial charge in [-0.2, -0.15) is 0 Å². The number of aromatic nitrogens is 2. The molecule has 0 amide bonds. The van der Waals surface area contributed by atoms with Crippen molar-refractivity contribution in [3.8, 4) is 0 Å². The summed E-state index contributed by atoms with van der Waals surface area (Å²) in [6.45, 7) is 4.00. The molecule has 1 heterocycles. The van der Waals surface area contributed by atoms with E-state index in [0.29, 0.717) is 4.34 Å². The topological polar surface area (TPSA) is 42.9 Å². The summed E-state index contributed by atoms with van der Waals surface area (Å²) in [5.74, 6) is 0. The van der Waals surface area contributed by atoms with E-state index in [0.717, 1.165) is 10.8 Å². The third kappa shape index (κ3) is 2.75. The zero-order valence-electron chi connectivity index (χ0n) is 7.81. The van der Waals surface area contributed by atoms with E-state index in [9.17, 15) is 4.21 Å². The monoisotopic (exact) mass is 236 g/mol. The molecule has 6 heteroatoms. The van der Waals surface area contributed by atoms with Crippen LogP contribution in [0.25, 0.3) is 0 Å². The fourth-order valence-electron chi connectivity index (χ4n) is 0.684. The predicted octanol–water partition coefficient (Wildman–Crippen LogP) is 2.17. The molecule has 74 valence electrons. The van der Waals surface area contributed by atoms with Crippen LogP contribution in [0.3, 0.4) is 0 Å². The minimum atomic E-state index is -0.977. The van der Waals surface area contributed by atoms with Crippen LogP contribution in [0, 0.1) is 0 Å². The molecule has 2 unspecified atom stereocenters. The second-order valence-electron chi connectivity index (χ2n) is 2.55. The lowest BCUT2D eigenvalue weighted by Gasteiger charge is -2.03. The average molecular weight is 236 g/mol.